The van der Waals surface area contributed by atoms with E-state index in [1.54, 1.807) is 0 Å². The summed E-state index contributed by atoms with van der Waals surface area (Å²) in [6, 6.07) is 15.1. The Balaban J connectivity index is 1.33. The highest BCUT2D eigenvalue weighted by Crippen LogP contribution is 2.23. The van der Waals surface area contributed by atoms with E-state index in [1.807, 2.05) is 48.5 Å². The Morgan fingerprint density at radius 2 is 2.00 bits per heavy atom. The first-order valence-electron chi connectivity index (χ1n) is 9.82. The molecule has 2 aromatic rings. The fourth-order valence-corrected chi connectivity index (χ4v) is 3.57. The van der Waals surface area contributed by atoms with Gasteiger partial charge in [0.2, 0.25) is 0 Å². The third kappa shape index (κ3) is 7.52. The van der Waals surface area contributed by atoms with E-state index in [-0.39, 0.29) is 18.6 Å². The Morgan fingerprint density at radius 1 is 1.17 bits per heavy atom. The van der Waals surface area contributed by atoms with Crippen molar-refractivity contribution in [3.63, 3.8) is 0 Å². The molecule has 1 aliphatic heterocycles. The second-order valence-electron chi connectivity index (χ2n) is 7.05. The minimum Gasteiger partial charge on any atom is -0.484 e. The van der Waals surface area contributed by atoms with Crippen LogP contribution < -0.4 is 10.1 Å². The molecule has 29 heavy (non-hydrogen) atoms. The smallest absolute Gasteiger partial charge is 0.258 e. The van der Waals surface area contributed by atoms with Crippen LogP contribution in [0.5, 0.6) is 5.75 Å². The molecule has 1 N–H and O–H groups in total. The Bertz CT molecular complexity index is 789. The molecule has 3 rings (SSSR count). The second kappa shape index (κ2) is 11.4. The largest absolute Gasteiger partial charge is 0.484 e. The van der Waals surface area contributed by atoms with Gasteiger partial charge < -0.3 is 14.8 Å². The van der Waals surface area contributed by atoms with E-state index in [1.165, 1.54) is 5.56 Å². The lowest BCUT2D eigenvalue weighted by Crippen LogP contribution is -2.48. The number of nitrogens with one attached hydrogen (secondary N) is 1. The predicted octanol–water partition coefficient (Wildman–Crippen LogP) is 3.82. The number of rotatable bonds is 9. The SMILES string of the molecule is O=C(COc1ccccc1)NCC1CN(CCCc2ccc(Cl)c(Cl)c2)CCO1. The maximum Gasteiger partial charge on any atom is 0.258 e. The van der Waals surface area contributed by atoms with Gasteiger partial charge in [0.1, 0.15) is 5.75 Å². The number of aryl methyl sites for hydroxylation is 1. The Morgan fingerprint density at radius 3 is 2.79 bits per heavy atom. The maximum absolute atomic E-state index is 12.0. The number of halogens is 2. The summed E-state index contributed by atoms with van der Waals surface area (Å²) in [7, 11) is 0. The number of carbonyl (C=O) groups excluding carboxylic acids is 1. The van der Waals surface area contributed by atoms with Gasteiger partial charge in [-0.15, -0.1) is 0 Å². The molecule has 1 amide bonds. The van der Waals surface area contributed by atoms with Gasteiger partial charge >= 0.3 is 0 Å². The number of benzene rings is 2. The molecule has 156 valence electrons. The summed E-state index contributed by atoms with van der Waals surface area (Å²) in [5.41, 5.74) is 1.19. The zero-order valence-electron chi connectivity index (χ0n) is 16.3. The molecule has 1 unspecified atom stereocenters. The van der Waals surface area contributed by atoms with Crippen molar-refractivity contribution in [2.75, 3.05) is 39.4 Å². The van der Waals surface area contributed by atoms with E-state index in [0.29, 0.717) is 28.9 Å². The molecule has 1 heterocycles. The van der Waals surface area contributed by atoms with Gasteiger partial charge in [0.05, 0.1) is 22.8 Å². The van der Waals surface area contributed by atoms with Crippen LogP contribution in [-0.2, 0) is 16.0 Å². The first-order valence-corrected chi connectivity index (χ1v) is 10.6. The highest BCUT2D eigenvalue weighted by atomic mass is 35.5. The number of nitrogens with zero attached hydrogens (tertiary/aromatic N) is 1. The van der Waals surface area contributed by atoms with Gasteiger partial charge in [-0.05, 0) is 49.2 Å². The van der Waals surface area contributed by atoms with Gasteiger partial charge in [-0.3, -0.25) is 9.69 Å². The summed E-state index contributed by atoms with van der Waals surface area (Å²) in [5, 5.41) is 4.08. The summed E-state index contributed by atoms with van der Waals surface area (Å²) in [4.78, 5) is 14.4. The van der Waals surface area contributed by atoms with Gasteiger partial charge in [-0.2, -0.15) is 0 Å². The van der Waals surface area contributed by atoms with Gasteiger partial charge in [-0.25, -0.2) is 0 Å². The summed E-state index contributed by atoms with van der Waals surface area (Å²) in [5.74, 6) is 0.541. The lowest BCUT2D eigenvalue weighted by atomic mass is 10.1. The highest BCUT2D eigenvalue weighted by Gasteiger charge is 2.20. The van der Waals surface area contributed by atoms with E-state index in [0.717, 1.165) is 32.5 Å². The van der Waals surface area contributed by atoms with Crippen LogP contribution in [0.1, 0.15) is 12.0 Å². The van der Waals surface area contributed by atoms with Crippen LogP contribution in [0.2, 0.25) is 10.0 Å². The van der Waals surface area contributed by atoms with Crippen LogP contribution in [0.15, 0.2) is 48.5 Å². The Labute approximate surface area is 181 Å². The van der Waals surface area contributed by atoms with Crippen molar-refractivity contribution in [1.29, 1.82) is 0 Å². The number of carbonyl (C=O) groups is 1. The zero-order chi connectivity index (χ0) is 20.5. The normalized spacial score (nSPS) is 17.1. The average molecular weight is 437 g/mol. The quantitative estimate of drug-likeness (QED) is 0.648. The number of para-hydroxylation sites is 1. The molecule has 0 saturated carbocycles. The molecule has 7 heteroatoms. The van der Waals surface area contributed by atoms with Crippen molar-refractivity contribution in [1.82, 2.24) is 10.2 Å². The Kier molecular flexibility index (Phi) is 8.62. The van der Waals surface area contributed by atoms with Gasteiger partial charge in [0, 0.05) is 19.6 Å². The summed E-state index contributed by atoms with van der Waals surface area (Å²) < 4.78 is 11.2. The molecular weight excluding hydrogens is 411 g/mol. The summed E-state index contributed by atoms with van der Waals surface area (Å²) >= 11 is 12.0. The lowest BCUT2D eigenvalue weighted by molar-refractivity contribution is -0.124. The van der Waals surface area contributed by atoms with Crippen LogP contribution in [0.3, 0.4) is 0 Å². The van der Waals surface area contributed by atoms with Crippen molar-refractivity contribution in [3.8, 4) is 5.75 Å². The molecule has 0 spiro atoms. The first kappa shape index (κ1) is 21.9. The molecule has 1 saturated heterocycles. The molecule has 1 atom stereocenters. The van der Waals surface area contributed by atoms with Gasteiger partial charge in [0.25, 0.3) is 5.91 Å². The van der Waals surface area contributed by atoms with Crippen LogP contribution in [-0.4, -0.2) is 56.3 Å². The van der Waals surface area contributed by atoms with Crippen molar-refractivity contribution in [2.24, 2.45) is 0 Å². The second-order valence-corrected chi connectivity index (χ2v) is 7.87. The molecule has 1 aliphatic rings. The fraction of sp³-hybridized carbons (Fsp3) is 0.409. The van der Waals surface area contributed by atoms with Crippen molar-refractivity contribution < 1.29 is 14.3 Å². The summed E-state index contributed by atoms with van der Waals surface area (Å²) in [6.07, 6.45) is 1.98. The molecule has 0 aromatic heterocycles. The number of hydrogen-bond donors (Lipinski definition) is 1. The third-order valence-corrected chi connectivity index (χ3v) is 5.53. The third-order valence-electron chi connectivity index (χ3n) is 4.79. The lowest BCUT2D eigenvalue weighted by Gasteiger charge is -2.33. The van der Waals surface area contributed by atoms with Gasteiger partial charge in [0.15, 0.2) is 6.61 Å². The minimum atomic E-state index is -0.144. The van der Waals surface area contributed by atoms with Crippen molar-refractivity contribution in [2.45, 2.75) is 18.9 Å². The molecule has 0 aliphatic carbocycles. The highest BCUT2D eigenvalue weighted by molar-refractivity contribution is 6.42. The number of amides is 1. The maximum atomic E-state index is 12.0. The van der Waals surface area contributed by atoms with Crippen molar-refractivity contribution in [3.05, 3.63) is 64.1 Å². The van der Waals surface area contributed by atoms with E-state index in [9.17, 15) is 4.79 Å². The van der Waals surface area contributed by atoms with E-state index < -0.39 is 0 Å². The standard InChI is InChI=1S/C22H26Cl2N2O3/c23-20-9-8-17(13-21(20)24)5-4-10-26-11-12-28-19(15-26)14-25-22(27)16-29-18-6-2-1-3-7-18/h1-3,6-9,13,19H,4-5,10-12,14-16H2,(H,25,27). The number of morpholine rings is 1. The number of hydrogen-bond acceptors (Lipinski definition) is 4. The molecular formula is C22H26Cl2N2O3. The number of ether oxygens (including phenoxy) is 2. The van der Waals surface area contributed by atoms with Crippen LogP contribution in [0.25, 0.3) is 0 Å². The van der Waals surface area contributed by atoms with Crippen LogP contribution in [0.4, 0.5) is 0 Å². The Hall–Kier alpha value is -1.79. The minimum absolute atomic E-state index is 0.00407. The van der Waals surface area contributed by atoms with Crippen LogP contribution in [0, 0.1) is 0 Å². The monoisotopic (exact) mass is 436 g/mol. The van der Waals surface area contributed by atoms with E-state index in [4.69, 9.17) is 32.7 Å². The van der Waals surface area contributed by atoms with Crippen molar-refractivity contribution >= 4 is 29.1 Å². The molecule has 1 fully saturated rings. The van der Waals surface area contributed by atoms with Crippen LogP contribution >= 0.6 is 23.2 Å². The molecule has 2 aromatic carbocycles. The fourth-order valence-electron chi connectivity index (χ4n) is 3.25. The average Bonchev–Trinajstić information content (AvgIpc) is 2.74. The topological polar surface area (TPSA) is 50.8 Å². The molecule has 0 radical (unpaired) electrons. The van der Waals surface area contributed by atoms with E-state index in [2.05, 4.69) is 10.2 Å². The first-order chi connectivity index (χ1) is 14.1. The molecule has 5 nitrogen and oxygen atoms in total. The molecule has 0 bridgehead atoms. The zero-order valence-corrected chi connectivity index (χ0v) is 17.8. The van der Waals surface area contributed by atoms with Gasteiger partial charge in [-0.1, -0.05) is 47.5 Å². The van der Waals surface area contributed by atoms with E-state index >= 15 is 0 Å². The summed E-state index contributed by atoms with van der Waals surface area (Å²) in [6.45, 7) is 3.85. The predicted molar refractivity (Wildman–Crippen MR) is 116 cm³/mol.